The molecule has 1 fully saturated rings. The lowest BCUT2D eigenvalue weighted by Crippen LogP contribution is -2.33. The zero-order valence-corrected chi connectivity index (χ0v) is 27.9. The fourth-order valence-electron chi connectivity index (χ4n) is 6.12. The molecule has 1 aromatic heterocycles. The third-order valence-electron chi connectivity index (χ3n) is 8.19. The minimum atomic E-state index is -3.96. The number of esters is 1. The minimum Gasteiger partial charge on any atom is -0.463 e. The first kappa shape index (κ1) is 34.4. The molecule has 6 rings (SSSR count). The molecule has 0 bridgehead atoms. The van der Waals surface area contributed by atoms with Crippen molar-refractivity contribution >= 4 is 33.2 Å². The number of allylic oxidation sites excluding steroid dienone is 2. The van der Waals surface area contributed by atoms with Crippen molar-refractivity contribution in [3.05, 3.63) is 115 Å². The van der Waals surface area contributed by atoms with Gasteiger partial charge in [0.15, 0.2) is 11.6 Å². The molecule has 1 saturated heterocycles. The number of sulfonamides is 1. The second-order valence-electron chi connectivity index (χ2n) is 11.0. The zero-order valence-electron chi connectivity index (χ0n) is 26.2. The zero-order chi connectivity index (χ0) is 33.9. The van der Waals surface area contributed by atoms with Gasteiger partial charge in [-0.25, -0.2) is 26.4 Å². The molecule has 4 heterocycles. The van der Waals surface area contributed by atoms with Gasteiger partial charge < -0.3 is 15.4 Å². The average Bonchev–Trinajstić information content (AvgIpc) is 3.80. The monoisotopic (exact) mass is 687 g/mol. The van der Waals surface area contributed by atoms with Crippen LogP contribution in [-0.4, -0.2) is 43.8 Å². The van der Waals surface area contributed by atoms with Crippen molar-refractivity contribution in [2.75, 3.05) is 13.2 Å². The fraction of sp³-hybridized carbons (Fsp3) is 0.353. The van der Waals surface area contributed by atoms with Gasteiger partial charge in [0.1, 0.15) is 5.82 Å². The summed E-state index contributed by atoms with van der Waals surface area (Å²) in [5, 5.41) is 6.00. The second kappa shape index (κ2) is 14.4. The molecule has 2 aromatic carbocycles. The Labute approximate surface area is 276 Å². The van der Waals surface area contributed by atoms with Crippen LogP contribution in [0.4, 0.5) is 13.2 Å². The summed E-state index contributed by atoms with van der Waals surface area (Å²) < 4.78 is 75.4. The third kappa shape index (κ3) is 6.88. The summed E-state index contributed by atoms with van der Waals surface area (Å²) >= 11 is 1.05. The van der Waals surface area contributed by atoms with Gasteiger partial charge in [0.2, 0.25) is 10.0 Å². The Balaban J connectivity index is 0.00000213. The number of rotatable bonds is 9. The van der Waals surface area contributed by atoms with Crippen molar-refractivity contribution in [1.82, 2.24) is 14.9 Å². The fourth-order valence-corrected chi connectivity index (χ4v) is 9.41. The van der Waals surface area contributed by atoms with E-state index in [4.69, 9.17) is 4.74 Å². The molecule has 250 valence electrons. The molecule has 13 heteroatoms. The Hall–Kier alpha value is -3.94. The molecule has 2 atom stereocenters. The van der Waals surface area contributed by atoms with Gasteiger partial charge in [-0.1, -0.05) is 32.0 Å². The van der Waals surface area contributed by atoms with Crippen molar-refractivity contribution in [2.24, 2.45) is 0 Å². The van der Waals surface area contributed by atoms with Crippen LogP contribution < -0.4 is 10.6 Å². The number of hydrogen-bond acceptors (Lipinski definition) is 7. The largest absolute Gasteiger partial charge is 0.463 e. The number of aryl methyl sites for hydroxylation is 1. The number of carbonyl (C=O) groups excluding carboxylic acids is 2. The maximum absolute atomic E-state index is 14.0. The molecule has 3 aliphatic rings. The van der Waals surface area contributed by atoms with Crippen molar-refractivity contribution in [2.45, 2.75) is 65.0 Å². The molecule has 0 aliphatic carbocycles. The normalized spacial score (nSPS) is 19.8. The summed E-state index contributed by atoms with van der Waals surface area (Å²) in [6.07, 6.45) is 2.10. The molecule has 8 nitrogen and oxygen atoms in total. The van der Waals surface area contributed by atoms with Crippen LogP contribution in [0.1, 0.15) is 71.6 Å². The molecular formula is C34H36F3N3O5S2. The highest BCUT2D eigenvalue weighted by Gasteiger charge is 2.54. The van der Waals surface area contributed by atoms with Crippen LogP contribution in [0.25, 0.3) is 0 Å². The number of fused-ring (bicyclic) bond motifs is 2. The van der Waals surface area contributed by atoms with E-state index in [0.717, 1.165) is 29.0 Å². The van der Waals surface area contributed by atoms with Gasteiger partial charge in [0.05, 0.1) is 39.6 Å². The first-order valence-corrected chi connectivity index (χ1v) is 17.8. The van der Waals surface area contributed by atoms with E-state index in [0.29, 0.717) is 54.1 Å². The number of benzene rings is 2. The third-order valence-corrected chi connectivity index (χ3v) is 11.4. The topological polar surface area (TPSA) is 105 Å². The van der Waals surface area contributed by atoms with Crippen LogP contribution >= 0.6 is 11.3 Å². The van der Waals surface area contributed by atoms with Gasteiger partial charge in [-0.3, -0.25) is 4.79 Å². The predicted molar refractivity (Wildman–Crippen MR) is 173 cm³/mol. The Morgan fingerprint density at radius 1 is 1.00 bits per heavy atom. The van der Waals surface area contributed by atoms with Crippen LogP contribution in [0.5, 0.6) is 0 Å². The maximum atomic E-state index is 14.0. The number of amides is 1. The van der Waals surface area contributed by atoms with Gasteiger partial charge in [0, 0.05) is 23.7 Å². The van der Waals surface area contributed by atoms with E-state index in [1.165, 1.54) is 22.5 Å². The van der Waals surface area contributed by atoms with E-state index in [1.54, 1.807) is 31.2 Å². The number of ether oxygens (including phenoxy) is 1. The SMILES string of the molecule is CC.CCOC(=O)C1=C(CCc2ccc(F)cc2)NC2=C(C1c1ccc(C(=O)NCc3ccc(F)c(F)c3)s1)S(=O)(=O)N1CCCC21. The predicted octanol–water partition coefficient (Wildman–Crippen LogP) is 6.28. The highest BCUT2D eigenvalue weighted by Crippen LogP contribution is 2.51. The molecule has 0 saturated carbocycles. The summed E-state index contributed by atoms with van der Waals surface area (Å²) in [6.45, 7) is 6.03. The van der Waals surface area contributed by atoms with Crippen LogP contribution in [-0.2, 0) is 32.5 Å². The first-order valence-electron chi connectivity index (χ1n) is 15.6. The molecule has 1 amide bonds. The van der Waals surface area contributed by atoms with E-state index in [2.05, 4.69) is 10.6 Å². The number of halogens is 3. The Morgan fingerprint density at radius 2 is 1.72 bits per heavy atom. The summed E-state index contributed by atoms with van der Waals surface area (Å²) in [4.78, 5) is 27.5. The summed E-state index contributed by atoms with van der Waals surface area (Å²) in [5.74, 6) is -4.56. The molecule has 2 N–H and O–H groups in total. The molecule has 0 radical (unpaired) electrons. The summed E-state index contributed by atoms with van der Waals surface area (Å²) in [5.41, 5.74) is 2.39. The van der Waals surface area contributed by atoms with Crippen molar-refractivity contribution in [3.8, 4) is 0 Å². The first-order chi connectivity index (χ1) is 22.6. The maximum Gasteiger partial charge on any atom is 0.336 e. The van der Waals surface area contributed by atoms with Crippen molar-refractivity contribution < 1.29 is 35.9 Å². The molecule has 3 aromatic rings. The van der Waals surface area contributed by atoms with E-state index in [9.17, 15) is 31.2 Å². The Bertz CT molecular complexity index is 1840. The van der Waals surface area contributed by atoms with Gasteiger partial charge in [-0.05, 0) is 80.1 Å². The van der Waals surface area contributed by atoms with Gasteiger partial charge in [-0.2, -0.15) is 4.31 Å². The number of nitrogens with zero attached hydrogens (tertiary/aromatic N) is 1. The van der Waals surface area contributed by atoms with Crippen LogP contribution in [0.2, 0.25) is 0 Å². The smallest absolute Gasteiger partial charge is 0.336 e. The van der Waals surface area contributed by atoms with Crippen LogP contribution in [0, 0.1) is 17.5 Å². The minimum absolute atomic E-state index is 0.0571. The average molecular weight is 688 g/mol. The lowest BCUT2D eigenvalue weighted by molar-refractivity contribution is -0.138. The summed E-state index contributed by atoms with van der Waals surface area (Å²) in [7, 11) is -3.96. The second-order valence-corrected chi connectivity index (χ2v) is 14.0. The Morgan fingerprint density at radius 3 is 2.43 bits per heavy atom. The van der Waals surface area contributed by atoms with E-state index < -0.39 is 45.5 Å². The van der Waals surface area contributed by atoms with E-state index in [1.807, 2.05) is 13.8 Å². The number of carbonyl (C=O) groups is 2. The van der Waals surface area contributed by atoms with Crippen LogP contribution in [0.3, 0.4) is 0 Å². The molecule has 47 heavy (non-hydrogen) atoms. The van der Waals surface area contributed by atoms with Gasteiger partial charge in [0.25, 0.3) is 5.91 Å². The lowest BCUT2D eigenvalue weighted by atomic mass is 9.87. The van der Waals surface area contributed by atoms with E-state index >= 15 is 0 Å². The number of hydrogen-bond donors (Lipinski definition) is 2. The lowest BCUT2D eigenvalue weighted by Gasteiger charge is -2.30. The van der Waals surface area contributed by atoms with Crippen molar-refractivity contribution in [1.29, 1.82) is 0 Å². The standard InChI is InChI=1S/C32H30F3N3O5S2.C2H6/c1-2-43-32(40)27-23(12-8-18-5-9-20(33)10-6-18)37-29-24-4-3-15-38(24)45(41,42)30(29)28(27)25-13-14-26(44-25)31(39)36-17-19-7-11-21(34)22(35)16-19;1-2/h5-7,9-11,13-14,16,24,28,37H,2-4,8,12,15,17H2,1H3,(H,36,39);1-2H3. The number of dihydropyridines is 1. The van der Waals surface area contributed by atoms with Gasteiger partial charge >= 0.3 is 5.97 Å². The summed E-state index contributed by atoms with van der Waals surface area (Å²) in [6, 6.07) is 12.2. The Kier molecular flexibility index (Phi) is 10.6. The van der Waals surface area contributed by atoms with E-state index in [-0.39, 0.29) is 34.3 Å². The highest BCUT2D eigenvalue weighted by molar-refractivity contribution is 7.93. The van der Waals surface area contributed by atoms with Crippen molar-refractivity contribution in [3.63, 3.8) is 0 Å². The molecule has 2 unspecified atom stereocenters. The van der Waals surface area contributed by atoms with Gasteiger partial charge in [-0.15, -0.1) is 11.3 Å². The molecule has 3 aliphatic heterocycles. The molecule has 0 spiro atoms. The van der Waals surface area contributed by atoms with Crippen LogP contribution in [0.15, 0.2) is 76.5 Å². The number of nitrogens with one attached hydrogen (secondary N) is 2. The number of thiophene rings is 1. The quantitative estimate of drug-likeness (QED) is 0.257. The highest BCUT2D eigenvalue weighted by atomic mass is 32.2. The molecular weight excluding hydrogens is 652 g/mol.